The molecule has 3 heterocycles. The molecule has 2 unspecified atom stereocenters. The summed E-state index contributed by atoms with van der Waals surface area (Å²) in [5.41, 5.74) is 5.83. The van der Waals surface area contributed by atoms with Gasteiger partial charge in [-0.25, -0.2) is 9.55 Å². The van der Waals surface area contributed by atoms with E-state index in [1.807, 2.05) is 0 Å². The van der Waals surface area contributed by atoms with E-state index in [0.717, 1.165) is 23.7 Å². The Balaban J connectivity index is 1.44. The molecule has 1 aliphatic carbocycles. The van der Waals surface area contributed by atoms with Crippen LogP contribution in [0.1, 0.15) is 32.9 Å². The van der Waals surface area contributed by atoms with Crippen LogP contribution in [0.2, 0.25) is 0 Å². The third kappa shape index (κ3) is 6.43. The maximum atomic E-state index is 14.6. The van der Waals surface area contributed by atoms with Gasteiger partial charge >= 0.3 is 19.9 Å². The minimum absolute atomic E-state index is 0.0337. The van der Waals surface area contributed by atoms with E-state index < -0.39 is 55.9 Å². The van der Waals surface area contributed by atoms with Crippen molar-refractivity contribution in [3.63, 3.8) is 0 Å². The molecule has 1 saturated carbocycles. The monoisotopic (exact) mass is 663 g/mol. The molecule has 0 radical (unpaired) electrons. The fourth-order valence-corrected chi connectivity index (χ4v) is 6.33. The van der Waals surface area contributed by atoms with Gasteiger partial charge in [0.2, 0.25) is 10.8 Å². The van der Waals surface area contributed by atoms with Crippen molar-refractivity contribution in [2.24, 2.45) is 0 Å². The number of hydrogen-bond donors (Lipinski definition) is 4. The van der Waals surface area contributed by atoms with Crippen LogP contribution in [0.5, 0.6) is 5.75 Å². The number of fused-ring (bicyclic) bond motifs is 1. The molecule has 19 heteroatoms. The number of halogens is 4. The number of esters is 1. The van der Waals surface area contributed by atoms with E-state index in [0.29, 0.717) is 0 Å². The molecule has 14 nitrogen and oxygen atoms in total. The number of nitrogen functional groups attached to an aromatic ring is 1. The van der Waals surface area contributed by atoms with E-state index in [9.17, 15) is 27.6 Å². The fourth-order valence-electron chi connectivity index (χ4n) is 4.53. The van der Waals surface area contributed by atoms with Gasteiger partial charge in [-0.05, 0) is 38.8 Å². The van der Waals surface area contributed by atoms with Crippen molar-refractivity contribution in [2.75, 3.05) is 24.3 Å². The Bertz CT molecular complexity index is 1550. The average molecular weight is 664 g/mol. The number of anilines is 2. The first-order chi connectivity index (χ1) is 20.8. The summed E-state index contributed by atoms with van der Waals surface area (Å²) < 4.78 is 80.0. The maximum absolute atomic E-state index is 14.6. The highest BCUT2D eigenvalue weighted by molar-refractivity contribution is 7.52. The Morgan fingerprint density at radius 2 is 2.02 bits per heavy atom. The summed E-state index contributed by atoms with van der Waals surface area (Å²) in [5.74, 6) is -0.746. The Labute approximate surface area is 254 Å². The summed E-state index contributed by atoms with van der Waals surface area (Å²) in [6, 6.07) is 6.60. The van der Waals surface area contributed by atoms with Crippen molar-refractivity contribution >= 4 is 48.2 Å². The summed E-state index contributed by atoms with van der Waals surface area (Å²) in [6.45, 7) is 2.03. The molecule has 2 aromatic heterocycles. The molecule has 2 aliphatic rings. The van der Waals surface area contributed by atoms with Crippen molar-refractivity contribution in [2.45, 2.75) is 68.3 Å². The fraction of sp³-hybridized carbons (Fsp3) is 0.520. The van der Waals surface area contributed by atoms with Gasteiger partial charge < -0.3 is 30.2 Å². The maximum Gasteiger partial charge on any atom is 0.459 e. The number of rotatable bonds is 12. The number of benzene rings is 1. The summed E-state index contributed by atoms with van der Waals surface area (Å²) >= 11 is 6.19. The number of hydrogen-bond acceptors (Lipinski definition) is 12. The van der Waals surface area contributed by atoms with E-state index in [1.54, 1.807) is 25.1 Å². The number of nitrogens with one attached hydrogen (secondary N) is 2. The predicted molar refractivity (Wildman–Crippen MR) is 151 cm³/mol. The number of alkyl halides is 4. The lowest BCUT2D eigenvalue weighted by Gasteiger charge is -2.32. The quantitative estimate of drug-likeness (QED) is 0.125. The number of imidazole rings is 1. The van der Waals surface area contributed by atoms with E-state index in [-0.39, 0.29) is 41.3 Å². The number of aromatic nitrogens is 4. The smallest absolute Gasteiger partial charge is 0.459 e. The molecule has 0 amide bonds. The molecule has 44 heavy (non-hydrogen) atoms. The Kier molecular flexibility index (Phi) is 8.99. The normalized spacial score (nSPS) is 25.8. The molecule has 0 bridgehead atoms. The van der Waals surface area contributed by atoms with Gasteiger partial charge in [0.25, 0.3) is 0 Å². The van der Waals surface area contributed by atoms with Crippen molar-refractivity contribution in [3.05, 3.63) is 36.7 Å². The number of ether oxygens (including phenoxy) is 2. The zero-order valence-electron chi connectivity index (χ0n) is 23.4. The molecule has 3 aromatic rings. The lowest BCUT2D eigenvalue weighted by Crippen LogP contribution is -2.53. The third-order valence-electron chi connectivity index (χ3n) is 6.86. The molecule has 6 atom stereocenters. The number of para-hydroxylation sites is 1. The van der Waals surface area contributed by atoms with Crippen LogP contribution < -0.4 is 20.7 Å². The number of carbonyl (C=O) groups excluding carboxylic acids is 1. The molecular weight excluding hydrogens is 634 g/mol. The van der Waals surface area contributed by atoms with Crippen LogP contribution in [0.25, 0.3) is 11.2 Å². The number of aliphatic hydroxyl groups excluding tert-OH is 1. The van der Waals surface area contributed by atoms with Crippen LogP contribution in [-0.4, -0.2) is 79.2 Å². The largest absolute Gasteiger partial charge is 0.465 e. The first kappa shape index (κ1) is 32.2. The van der Waals surface area contributed by atoms with Gasteiger partial charge in [0, 0.05) is 6.04 Å². The molecule has 1 saturated heterocycles. The highest BCUT2D eigenvalue weighted by Gasteiger charge is 2.71. The van der Waals surface area contributed by atoms with Gasteiger partial charge in [0.05, 0.1) is 19.5 Å². The predicted octanol–water partition coefficient (Wildman–Crippen LogP) is 3.53. The lowest BCUT2D eigenvalue weighted by atomic mass is 9.98. The van der Waals surface area contributed by atoms with Crippen LogP contribution in [0.4, 0.5) is 24.9 Å². The number of nitrogens with zero attached hydrogens (tertiary/aromatic N) is 4. The Hall–Kier alpha value is -3.21. The zero-order valence-corrected chi connectivity index (χ0v) is 25.1. The van der Waals surface area contributed by atoms with Gasteiger partial charge in [-0.2, -0.15) is 28.2 Å². The first-order valence-corrected chi connectivity index (χ1v) is 15.5. The van der Waals surface area contributed by atoms with Crippen molar-refractivity contribution < 1.29 is 46.2 Å². The summed E-state index contributed by atoms with van der Waals surface area (Å²) in [4.78, 5) is 21.1. The topological polar surface area (TPSA) is 185 Å². The third-order valence-corrected chi connectivity index (χ3v) is 9.13. The second-order valence-corrected chi connectivity index (χ2v) is 12.5. The molecule has 5 rings (SSSR count). The van der Waals surface area contributed by atoms with E-state index >= 15 is 0 Å². The van der Waals surface area contributed by atoms with Gasteiger partial charge in [0.15, 0.2) is 23.2 Å². The molecule has 5 N–H and O–H groups in total. The second kappa shape index (κ2) is 12.3. The minimum atomic E-state index is -5.24. The Morgan fingerprint density at radius 1 is 1.32 bits per heavy atom. The molecule has 1 aromatic carbocycles. The van der Waals surface area contributed by atoms with Crippen LogP contribution in [-0.2, 0) is 23.4 Å². The molecule has 0 spiro atoms. The number of nitrogens with two attached hydrogens (primary N) is 1. The average Bonchev–Trinajstić information content (AvgIpc) is 3.61. The van der Waals surface area contributed by atoms with Crippen LogP contribution in [0.15, 0.2) is 36.7 Å². The summed E-state index contributed by atoms with van der Waals surface area (Å²) in [7, 11) is -4.51. The highest BCUT2D eigenvalue weighted by atomic mass is 35.5. The molecule has 2 fully saturated rings. The van der Waals surface area contributed by atoms with Crippen LogP contribution in [0, 0.1) is 0 Å². The first-order valence-electron chi connectivity index (χ1n) is 13.5. The van der Waals surface area contributed by atoms with Crippen molar-refractivity contribution in [3.8, 4) is 5.75 Å². The van der Waals surface area contributed by atoms with Gasteiger partial charge in [-0.15, -0.1) is 11.6 Å². The number of carbonyl (C=O) groups is 1. The highest BCUT2D eigenvalue weighted by Crippen LogP contribution is 2.55. The van der Waals surface area contributed by atoms with Gasteiger partial charge in [-0.3, -0.25) is 13.9 Å². The van der Waals surface area contributed by atoms with Crippen LogP contribution in [0.3, 0.4) is 0 Å². The van der Waals surface area contributed by atoms with Crippen molar-refractivity contribution in [1.29, 1.82) is 0 Å². The molecule has 1 aliphatic heterocycles. The summed E-state index contributed by atoms with van der Waals surface area (Å²) in [5, 5.41) is 16.5. The summed E-state index contributed by atoms with van der Waals surface area (Å²) in [6.07, 6.45) is -8.84. The molecule has 240 valence electrons. The molecular formula is C25H30ClF3N7O7P. The zero-order chi connectivity index (χ0) is 31.9. The van der Waals surface area contributed by atoms with Gasteiger partial charge in [-0.1, -0.05) is 18.2 Å². The van der Waals surface area contributed by atoms with Crippen molar-refractivity contribution in [1.82, 2.24) is 24.6 Å². The van der Waals surface area contributed by atoms with E-state index in [1.165, 1.54) is 19.1 Å². The van der Waals surface area contributed by atoms with E-state index in [4.69, 9.17) is 35.9 Å². The lowest BCUT2D eigenvalue weighted by molar-refractivity contribution is -0.195. The standard InChI is InChI=1S/C25H30ClF3N7O7P/c1-3-40-21(38)13(2)35-44(39,43-15-7-5-4-6-8-15)41-11-16-18(37)24(26,25(27,28)29)22(42-16)36-12-31-17-19(32-14-9-10-14)33-23(30)34-20(17)36/h4-8,12-14,16,18,22,37H,3,9-11H2,1-2H3,(H,35,39)(H3,30,32,33,34)/t13-,16?,18-,22-,24-,44?/m1/s1. The van der Waals surface area contributed by atoms with Gasteiger partial charge in [0.1, 0.15) is 24.0 Å². The second-order valence-electron chi connectivity index (χ2n) is 10.2. The Morgan fingerprint density at radius 3 is 2.66 bits per heavy atom. The van der Waals surface area contributed by atoms with Crippen LogP contribution >= 0.6 is 19.3 Å². The minimum Gasteiger partial charge on any atom is -0.465 e. The SMILES string of the molecule is CCOC(=O)[C@@H](C)NP(=O)(OCC1O[C@@H](n2cnc3c(NC4CC4)nc(N)nc32)[C@@](Cl)(C(F)(F)F)[C@@H]1O)Oc1ccccc1. The number of aliphatic hydroxyl groups is 1. The van der Waals surface area contributed by atoms with E-state index in [2.05, 4.69) is 25.4 Å².